The fourth-order valence-electron chi connectivity index (χ4n) is 3.55. The van der Waals surface area contributed by atoms with E-state index in [1.54, 1.807) is 12.1 Å². The first-order chi connectivity index (χ1) is 10.7. The van der Waals surface area contributed by atoms with Gasteiger partial charge in [0, 0.05) is 30.6 Å². The topological polar surface area (TPSA) is 82.2 Å². The van der Waals surface area contributed by atoms with Crippen molar-refractivity contribution in [2.24, 2.45) is 5.92 Å². The molecule has 2 fully saturated rings. The van der Waals surface area contributed by atoms with E-state index in [-0.39, 0.29) is 17.7 Å². The minimum Gasteiger partial charge on any atom is -0.444 e. The Morgan fingerprint density at radius 1 is 1.45 bits per heavy atom. The number of aromatic nitrogens is 1. The highest BCUT2D eigenvalue weighted by atomic mass is 16.3. The molecular weight excluding hydrogens is 280 g/mol. The first kappa shape index (κ1) is 13.3. The number of nitrogens with one attached hydrogen (secondary N) is 1. The number of amides is 1. The van der Waals surface area contributed by atoms with Crippen molar-refractivity contribution in [3.8, 4) is 6.07 Å². The lowest BCUT2D eigenvalue weighted by Crippen LogP contribution is -2.47. The standard InChI is InChI=1S/C16H16N4O2/c17-6-13-4-11-5-14(18-7-15(11)22-13)16(21)19-12-3-10-1-2-20(8-10)9-12/h4-5,7,10,12H,1-3,8-9H2,(H,19,21). The van der Waals surface area contributed by atoms with Crippen LogP contribution in [0.15, 0.2) is 22.7 Å². The van der Waals surface area contributed by atoms with Gasteiger partial charge in [0.15, 0.2) is 5.58 Å². The molecule has 22 heavy (non-hydrogen) atoms. The van der Waals surface area contributed by atoms with Crippen LogP contribution in [0.1, 0.15) is 29.1 Å². The zero-order valence-electron chi connectivity index (χ0n) is 12.1. The fourth-order valence-corrected chi connectivity index (χ4v) is 3.55. The van der Waals surface area contributed by atoms with Crippen LogP contribution in [0.4, 0.5) is 0 Å². The summed E-state index contributed by atoms with van der Waals surface area (Å²) in [6.07, 6.45) is 3.79. The number of carbonyl (C=O) groups is 1. The number of nitriles is 1. The first-order valence-corrected chi connectivity index (χ1v) is 7.54. The second-order valence-electron chi connectivity index (χ2n) is 6.15. The zero-order chi connectivity index (χ0) is 15.1. The molecule has 2 saturated heterocycles. The van der Waals surface area contributed by atoms with Gasteiger partial charge in [-0.15, -0.1) is 0 Å². The van der Waals surface area contributed by atoms with Gasteiger partial charge in [-0.2, -0.15) is 5.26 Å². The van der Waals surface area contributed by atoms with Gasteiger partial charge in [-0.3, -0.25) is 4.79 Å². The maximum atomic E-state index is 12.4. The monoisotopic (exact) mass is 296 g/mol. The van der Waals surface area contributed by atoms with E-state index in [2.05, 4.69) is 15.2 Å². The Labute approximate surface area is 127 Å². The maximum Gasteiger partial charge on any atom is 0.270 e. The van der Waals surface area contributed by atoms with E-state index in [9.17, 15) is 4.79 Å². The molecule has 0 aromatic carbocycles. The Hall–Kier alpha value is -2.39. The Morgan fingerprint density at radius 3 is 3.18 bits per heavy atom. The molecule has 3 atom stereocenters. The molecule has 0 radical (unpaired) electrons. The summed E-state index contributed by atoms with van der Waals surface area (Å²) in [5.41, 5.74) is 0.889. The molecule has 3 unspecified atom stereocenters. The minimum atomic E-state index is -0.158. The number of rotatable bonds is 2. The average molecular weight is 296 g/mol. The third-order valence-corrected chi connectivity index (χ3v) is 4.55. The van der Waals surface area contributed by atoms with Crippen molar-refractivity contribution in [1.29, 1.82) is 5.26 Å². The van der Waals surface area contributed by atoms with Crippen molar-refractivity contribution >= 4 is 16.9 Å². The highest BCUT2D eigenvalue weighted by Crippen LogP contribution is 2.27. The number of fused-ring (bicyclic) bond motifs is 3. The van der Waals surface area contributed by atoms with Crippen molar-refractivity contribution in [3.05, 3.63) is 29.8 Å². The predicted molar refractivity (Wildman–Crippen MR) is 79.1 cm³/mol. The van der Waals surface area contributed by atoms with Crippen molar-refractivity contribution in [3.63, 3.8) is 0 Å². The van der Waals surface area contributed by atoms with Crippen LogP contribution in [0.5, 0.6) is 0 Å². The number of hydrogen-bond donors (Lipinski definition) is 1. The maximum absolute atomic E-state index is 12.4. The van der Waals surface area contributed by atoms with Gasteiger partial charge in [-0.1, -0.05) is 0 Å². The summed E-state index contributed by atoms with van der Waals surface area (Å²) >= 11 is 0. The van der Waals surface area contributed by atoms with Crippen molar-refractivity contribution in [2.75, 3.05) is 19.6 Å². The number of hydrogen-bond acceptors (Lipinski definition) is 5. The van der Waals surface area contributed by atoms with Crippen LogP contribution in [-0.4, -0.2) is 41.5 Å². The lowest BCUT2D eigenvalue weighted by atomic mass is 9.97. The summed E-state index contributed by atoms with van der Waals surface area (Å²) in [5.74, 6) is 0.779. The number of furan rings is 1. The number of nitrogens with zero attached hydrogens (tertiary/aromatic N) is 3. The van der Waals surface area contributed by atoms with Gasteiger partial charge >= 0.3 is 0 Å². The molecule has 1 N–H and O–H groups in total. The van der Waals surface area contributed by atoms with Gasteiger partial charge in [0.05, 0.1) is 6.20 Å². The highest BCUT2D eigenvalue weighted by Gasteiger charge is 2.33. The predicted octanol–water partition coefficient (Wildman–Crippen LogP) is 1.52. The van der Waals surface area contributed by atoms with Gasteiger partial charge in [0.1, 0.15) is 11.8 Å². The quantitative estimate of drug-likeness (QED) is 0.908. The number of carbonyl (C=O) groups excluding carboxylic acids is 1. The van der Waals surface area contributed by atoms with E-state index in [1.807, 2.05) is 6.07 Å². The van der Waals surface area contributed by atoms with Gasteiger partial charge < -0.3 is 14.6 Å². The van der Waals surface area contributed by atoms with Crippen molar-refractivity contribution < 1.29 is 9.21 Å². The largest absolute Gasteiger partial charge is 0.444 e. The lowest BCUT2D eigenvalue weighted by Gasteiger charge is -2.30. The van der Waals surface area contributed by atoms with E-state index >= 15 is 0 Å². The molecule has 2 aromatic rings. The third kappa shape index (κ3) is 2.34. The Morgan fingerprint density at radius 2 is 2.36 bits per heavy atom. The van der Waals surface area contributed by atoms with Crippen molar-refractivity contribution in [1.82, 2.24) is 15.2 Å². The van der Waals surface area contributed by atoms with Gasteiger partial charge in [0.25, 0.3) is 5.91 Å². The minimum absolute atomic E-state index is 0.158. The van der Waals surface area contributed by atoms with E-state index in [4.69, 9.17) is 9.68 Å². The molecule has 2 bridgehead atoms. The van der Waals surface area contributed by atoms with Crippen LogP contribution < -0.4 is 5.32 Å². The molecule has 2 aromatic heterocycles. The molecule has 0 saturated carbocycles. The SMILES string of the molecule is N#Cc1cc2cc(C(=O)NC3CC4CCN(C4)C3)ncc2o1. The van der Waals surface area contributed by atoms with Gasteiger partial charge in [0.2, 0.25) is 5.76 Å². The van der Waals surface area contributed by atoms with E-state index in [0.717, 1.165) is 24.9 Å². The van der Waals surface area contributed by atoms with Crippen LogP contribution in [0.25, 0.3) is 11.0 Å². The molecule has 1 amide bonds. The molecule has 6 nitrogen and oxygen atoms in total. The third-order valence-electron chi connectivity index (χ3n) is 4.55. The second-order valence-corrected chi connectivity index (χ2v) is 6.15. The van der Waals surface area contributed by atoms with Gasteiger partial charge in [-0.25, -0.2) is 4.98 Å². The van der Waals surface area contributed by atoms with Gasteiger partial charge in [-0.05, 0) is 31.4 Å². The molecule has 2 aliphatic heterocycles. The van der Waals surface area contributed by atoms with E-state index < -0.39 is 0 Å². The summed E-state index contributed by atoms with van der Waals surface area (Å²) in [5, 5.41) is 12.6. The van der Waals surface area contributed by atoms with Crippen molar-refractivity contribution in [2.45, 2.75) is 18.9 Å². The summed E-state index contributed by atoms with van der Waals surface area (Å²) in [4.78, 5) is 18.9. The van der Waals surface area contributed by atoms with Crippen LogP contribution in [0, 0.1) is 17.2 Å². The summed E-state index contributed by atoms with van der Waals surface area (Å²) in [6, 6.07) is 5.44. The normalized spacial score (nSPS) is 26.8. The molecular formula is C16H16N4O2. The molecule has 2 aliphatic rings. The Balaban J connectivity index is 1.51. The summed E-state index contributed by atoms with van der Waals surface area (Å²) in [7, 11) is 0. The van der Waals surface area contributed by atoms with Crippen LogP contribution in [-0.2, 0) is 0 Å². The van der Waals surface area contributed by atoms with Crippen LogP contribution in [0.3, 0.4) is 0 Å². The number of piperidine rings is 1. The molecule has 0 aliphatic carbocycles. The average Bonchev–Trinajstić information content (AvgIpc) is 3.09. The summed E-state index contributed by atoms with van der Waals surface area (Å²) in [6.45, 7) is 3.24. The highest BCUT2D eigenvalue weighted by molar-refractivity contribution is 5.95. The first-order valence-electron chi connectivity index (χ1n) is 7.54. The van der Waals surface area contributed by atoms with Crippen LogP contribution >= 0.6 is 0 Å². The summed E-state index contributed by atoms with van der Waals surface area (Å²) < 4.78 is 5.28. The number of pyridine rings is 1. The molecule has 0 spiro atoms. The molecule has 4 heterocycles. The van der Waals surface area contributed by atoms with E-state index in [0.29, 0.717) is 17.2 Å². The molecule has 112 valence electrons. The molecule has 6 heteroatoms. The fraction of sp³-hybridized carbons (Fsp3) is 0.438. The molecule has 4 rings (SSSR count). The van der Waals surface area contributed by atoms with E-state index in [1.165, 1.54) is 19.2 Å². The zero-order valence-corrected chi connectivity index (χ0v) is 12.1. The smallest absolute Gasteiger partial charge is 0.270 e. The lowest BCUT2D eigenvalue weighted by molar-refractivity contribution is 0.0904. The van der Waals surface area contributed by atoms with Crippen LogP contribution in [0.2, 0.25) is 0 Å². The Bertz CT molecular complexity index is 764. The Kier molecular flexibility index (Phi) is 3.09. The second kappa shape index (κ2) is 5.11.